The number of nitrogen functional groups attached to an aromatic ring is 1. The van der Waals surface area contributed by atoms with Crippen LogP contribution in [0.5, 0.6) is 0 Å². The van der Waals surface area contributed by atoms with Crippen LogP contribution in [0.2, 0.25) is 0 Å². The predicted octanol–water partition coefficient (Wildman–Crippen LogP) is 2.42. The third-order valence-electron chi connectivity index (χ3n) is 4.24. The van der Waals surface area contributed by atoms with Crippen LogP contribution in [0.15, 0.2) is 18.2 Å². The van der Waals surface area contributed by atoms with Crippen LogP contribution in [0.3, 0.4) is 0 Å². The van der Waals surface area contributed by atoms with Crippen LogP contribution in [0.4, 0.5) is 10.1 Å². The highest BCUT2D eigenvalue weighted by atomic mass is 19.1. The molecule has 2 aliphatic rings. The summed E-state index contributed by atoms with van der Waals surface area (Å²) in [6, 6.07) is 5.12. The molecule has 0 radical (unpaired) electrons. The number of hydrogen-bond acceptors (Lipinski definition) is 4. The molecular formula is C14H16FN5. The first-order valence-electron chi connectivity index (χ1n) is 7.07. The van der Waals surface area contributed by atoms with E-state index in [9.17, 15) is 4.39 Å². The topological polar surface area (TPSA) is 69.6 Å². The van der Waals surface area contributed by atoms with Gasteiger partial charge in [-0.15, -0.1) is 5.10 Å². The van der Waals surface area contributed by atoms with E-state index in [0.29, 0.717) is 29.3 Å². The zero-order valence-corrected chi connectivity index (χ0v) is 11.0. The van der Waals surface area contributed by atoms with Gasteiger partial charge in [-0.05, 0) is 66.1 Å². The number of anilines is 1. The minimum Gasteiger partial charge on any atom is -0.396 e. The summed E-state index contributed by atoms with van der Waals surface area (Å²) in [4.78, 5) is 0. The third kappa shape index (κ3) is 1.95. The Morgan fingerprint density at radius 3 is 2.50 bits per heavy atom. The Bertz CT molecular complexity index is 633. The van der Waals surface area contributed by atoms with Gasteiger partial charge in [0.2, 0.25) is 0 Å². The fraction of sp³-hybridized carbons (Fsp3) is 0.500. The summed E-state index contributed by atoms with van der Waals surface area (Å²) in [6.45, 7) is 0. The Hall–Kier alpha value is -1.98. The molecule has 5 nitrogen and oxygen atoms in total. The minimum atomic E-state index is -0.425. The SMILES string of the molecule is Nc1ccc(-c2nnnn2C(C2CC2)C2CC2)cc1F. The van der Waals surface area contributed by atoms with Gasteiger partial charge in [-0.3, -0.25) is 0 Å². The van der Waals surface area contributed by atoms with Crippen molar-refractivity contribution in [2.45, 2.75) is 31.7 Å². The molecule has 0 aliphatic heterocycles. The fourth-order valence-corrected chi connectivity index (χ4v) is 2.91. The van der Waals surface area contributed by atoms with Gasteiger partial charge in [0.25, 0.3) is 0 Å². The van der Waals surface area contributed by atoms with Crippen molar-refractivity contribution in [2.75, 3.05) is 5.73 Å². The maximum Gasteiger partial charge on any atom is 0.182 e. The van der Waals surface area contributed by atoms with Crippen LogP contribution >= 0.6 is 0 Å². The second-order valence-corrected chi connectivity index (χ2v) is 5.85. The van der Waals surface area contributed by atoms with Crippen molar-refractivity contribution in [3.63, 3.8) is 0 Å². The quantitative estimate of drug-likeness (QED) is 0.868. The summed E-state index contributed by atoms with van der Waals surface area (Å²) in [5.74, 6) is 1.59. The van der Waals surface area contributed by atoms with Crippen molar-refractivity contribution in [1.29, 1.82) is 0 Å². The van der Waals surface area contributed by atoms with Crippen LogP contribution in [-0.4, -0.2) is 20.2 Å². The van der Waals surface area contributed by atoms with Crippen LogP contribution in [-0.2, 0) is 0 Å². The lowest BCUT2D eigenvalue weighted by Gasteiger charge is -2.17. The number of rotatable bonds is 4. The first kappa shape index (κ1) is 11.8. The molecule has 0 saturated heterocycles. The molecule has 0 amide bonds. The van der Waals surface area contributed by atoms with Crippen molar-refractivity contribution >= 4 is 5.69 Å². The Balaban J connectivity index is 1.75. The van der Waals surface area contributed by atoms with Crippen LogP contribution in [0.1, 0.15) is 31.7 Å². The van der Waals surface area contributed by atoms with Gasteiger partial charge in [0, 0.05) is 5.56 Å². The Labute approximate surface area is 116 Å². The van der Waals surface area contributed by atoms with E-state index in [-0.39, 0.29) is 5.69 Å². The monoisotopic (exact) mass is 273 g/mol. The Kier molecular flexibility index (Phi) is 2.52. The molecule has 1 aromatic carbocycles. The van der Waals surface area contributed by atoms with Crippen LogP contribution in [0, 0.1) is 17.7 Å². The van der Waals surface area contributed by atoms with Crippen molar-refractivity contribution in [3.05, 3.63) is 24.0 Å². The first-order valence-corrected chi connectivity index (χ1v) is 7.07. The molecule has 0 unspecified atom stereocenters. The predicted molar refractivity (Wildman–Crippen MR) is 72.1 cm³/mol. The summed E-state index contributed by atoms with van der Waals surface area (Å²) in [7, 11) is 0. The molecule has 2 N–H and O–H groups in total. The largest absolute Gasteiger partial charge is 0.396 e. The normalized spacial score (nSPS) is 18.7. The van der Waals surface area contributed by atoms with Crippen LogP contribution in [0.25, 0.3) is 11.4 Å². The average molecular weight is 273 g/mol. The van der Waals surface area contributed by atoms with E-state index in [1.54, 1.807) is 12.1 Å². The van der Waals surface area contributed by atoms with Crippen LogP contribution < -0.4 is 5.73 Å². The average Bonchev–Trinajstić information content (AvgIpc) is 3.34. The van der Waals surface area contributed by atoms with Gasteiger partial charge in [0.15, 0.2) is 5.82 Å². The van der Waals surface area contributed by atoms with Gasteiger partial charge in [-0.2, -0.15) is 0 Å². The Morgan fingerprint density at radius 1 is 1.20 bits per heavy atom. The van der Waals surface area contributed by atoms with E-state index in [4.69, 9.17) is 5.73 Å². The van der Waals surface area contributed by atoms with Crippen molar-refractivity contribution in [3.8, 4) is 11.4 Å². The van der Waals surface area contributed by atoms with Gasteiger partial charge < -0.3 is 5.73 Å². The summed E-state index contributed by atoms with van der Waals surface area (Å²) >= 11 is 0. The molecule has 2 aliphatic carbocycles. The molecule has 2 fully saturated rings. The van der Waals surface area contributed by atoms with Crippen molar-refractivity contribution in [1.82, 2.24) is 20.2 Å². The number of halogens is 1. The zero-order valence-electron chi connectivity index (χ0n) is 11.0. The zero-order chi connectivity index (χ0) is 13.7. The molecule has 0 spiro atoms. The fourth-order valence-electron chi connectivity index (χ4n) is 2.91. The summed E-state index contributed by atoms with van der Waals surface area (Å²) in [5, 5.41) is 12.1. The second kappa shape index (κ2) is 4.26. The minimum absolute atomic E-state index is 0.147. The number of hydrogen-bond donors (Lipinski definition) is 1. The van der Waals surface area contributed by atoms with Gasteiger partial charge in [-0.1, -0.05) is 0 Å². The molecule has 1 aromatic heterocycles. The number of nitrogens with two attached hydrogens (primary N) is 1. The summed E-state index contributed by atoms with van der Waals surface area (Å²) in [6.07, 6.45) is 4.99. The van der Waals surface area contributed by atoms with Gasteiger partial charge in [0.05, 0.1) is 11.7 Å². The van der Waals surface area contributed by atoms with E-state index in [1.165, 1.54) is 31.7 Å². The molecule has 104 valence electrons. The Morgan fingerprint density at radius 2 is 1.90 bits per heavy atom. The highest BCUT2D eigenvalue weighted by molar-refractivity contribution is 5.59. The van der Waals surface area contributed by atoms with Crippen molar-refractivity contribution < 1.29 is 4.39 Å². The molecule has 1 heterocycles. The summed E-state index contributed by atoms with van der Waals surface area (Å²) < 4.78 is 15.5. The standard InChI is InChI=1S/C14H16FN5/c15-11-7-10(5-6-12(11)16)14-17-18-19-20(14)13(8-1-2-8)9-3-4-9/h5-9,13H,1-4,16H2. The number of tetrazole rings is 1. The number of benzene rings is 1. The molecular weight excluding hydrogens is 257 g/mol. The lowest BCUT2D eigenvalue weighted by Crippen LogP contribution is -2.16. The molecule has 2 aromatic rings. The van der Waals surface area contributed by atoms with E-state index in [0.717, 1.165) is 0 Å². The van der Waals surface area contributed by atoms with Gasteiger partial charge >= 0.3 is 0 Å². The first-order chi connectivity index (χ1) is 9.74. The molecule has 20 heavy (non-hydrogen) atoms. The molecule has 6 heteroatoms. The van der Waals surface area contributed by atoms with Gasteiger partial charge in [0.1, 0.15) is 5.82 Å². The van der Waals surface area contributed by atoms with Gasteiger partial charge in [-0.25, -0.2) is 9.07 Å². The van der Waals surface area contributed by atoms with Crippen molar-refractivity contribution in [2.24, 2.45) is 11.8 Å². The molecule has 2 saturated carbocycles. The van der Waals surface area contributed by atoms with E-state index < -0.39 is 5.82 Å². The maximum absolute atomic E-state index is 13.6. The molecule has 0 atom stereocenters. The summed E-state index contributed by atoms with van der Waals surface area (Å²) in [5.41, 5.74) is 6.36. The second-order valence-electron chi connectivity index (χ2n) is 5.85. The molecule has 4 rings (SSSR count). The van der Waals surface area contributed by atoms with E-state index in [2.05, 4.69) is 15.5 Å². The number of nitrogens with zero attached hydrogens (tertiary/aromatic N) is 4. The smallest absolute Gasteiger partial charge is 0.182 e. The highest BCUT2D eigenvalue weighted by Crippen LogP contribution is 2.52. The molecule has 0 bridgehead atoms. The maximum atomic E-state index is 13.6. The van der Waals surface area contributed by atoms with E-state index in [1.807, 2.05) is 4.68 Å². The lowest BCUT2D eigenvalue weighted by molar-refractivity contribution is 0.357. The van der Waals surface area contributed by atoms with E-state index >= 15 is 0 Å². The highest BCUT2D eigenvalue weighted by Gasteiger charge is 2.44. The third-order valence-corrected chi connectivity index (χ3v) is 4.24. The number of aromatic nitrogens is 4. The lowest BCUT2D eigenvalue weighted by atomic mass is 10.1.